The molecule has 0 aliphatic carbocycles. The van der Waals surface area contributed by atoms with Gasteiger partial charge < -0.3 is 16.0 Å². The molecule has 1 aromatic rings. The van der Waals surface area contributed by atoms with Crippen molar-refractivity contribution in [1.82, 2.24) is 4.90 Å². The summed E-state index contributed by atoms with van der Waals surface area (Å²) in [5.74, 6) is -0.0655. The van der Waals surface area contributed by atoms with Gasteiger partial charge in [-0.15, -0.1) is 12.4 Å². The molecule has 1 saturated heterocycles. The Morgan fingerprint density at radius 3 is 2.69 bits per heavy atom. The highest BCUT2D eigenvalue weighted by Gasteiger charge is 2.27. The van der Waals surface area contributed by atoms with Crippen LogP contribution in [0.5, 0.6) is 0 Å². The van der Waals surface area contributed by atoms with Crippen LogP contribution in [0.2, 0.25) is 0 Å². The number of nitrogens with two attached hydrogens (primary N) is 2. The number of nitrogens with one attached hydrogen (secondary N) is 1. The highest BCUT2D eigenvalue weighted by atomic mass is 35.5. The normalized spacial score (nSPS) is 16.8. The van der Waals surface area contributed by atoms with E-state index in [-0.39, 0.29) is 47.9 Å². The quantitative estimate of drug-likeness (QED) is 0.435. The molecule has 1 aliphatic heterocycles. The van der Waals surface area contributed by atoms with Crippen molar-refractivity contribution in [2.24, 2.45) is 10.9 Å². The molecule has 1 amide bonds. The van der Waals surface area contributed by atoms with E-state index in [4.69, 9.17) is 10.9 Å². The third kappa shape index (κ3) is 5.27. The highest BCUT2D eigenvalue weighted by Crippen LogP contribution is 2.27. The summed E-state index contributed by atoms with van der Waals surface area (Å²) in [7, 11) is -4.03. The van der Waals surface area contributed by atoms with Crippen LogP contribution in [0.15, 0.2) is 23.1 Å². The van der Waals surface area contributed by atoms with Crippen molar-refractivity contribution in [2.45, 2.75) is 30.2 Å². The molecule has 1 atom stereocenters. The maximum Gasteiger partial charge on any atom is 0.293 e. The number of amides is 1. The number of likely N-dealkylation sites (tertiary alicyclic amines) is 1. The standard InChI is InChI=1S/C14H21N5O5S.ClH/c15-9-10-2-1-7-18(10)14(20)5-6-17-12-4-3-11(25(16,23)24)8-13(12)19(21)22;/h3-4,8,10,17H,1-2,5-7,9,15H2,(H2,16,23,24);1H. The number of nitro benzene ring substituents is 1. The van der Waals surface area contributed by atoms with E-state index in [2.05, 4.69) is 5.32 Å². The van der Waals surface area contributed by atoms with Gasteiger partial charge in [-0.2, -0.15) is 0 Å². The molecule has 12 heteroatoms. The number of rotatable bonds is 7. The van der Waals surface area contributed by atoms with E-state index in [9.17, 15) is 23.3 Å². The summed E-state index contributed by atoms with van der Waals surface area (Å²) in [4.78, 5) is 24.0. The van der Waals surface area contributed by atoms with Crippen molar-refractivity contribution in [3.8, 4) is 0 Å². The summed E-state index contributed by atoms with van der Waals surface area (Å²) < 4.78 is 22.6. The lowest BCUT2D eigenvalue weighted by molar-refractivity contribution is -0.384. The van der Waals surface area contributed by atoms with Crippen LogP contribution < -0.4 is 16.2 Å². The van der Waals surface area contributed by atoms with E-state index in [0.717, 1.165) is 18.9 Å². The van der Waals surface area contributed by atoms with E-state index in [1.165, 1.54) is 12.1 Å². The van der Waals surface area contributed by atoms with Gasteiger partial charge >= 0.3 is 0 Å². The Kier molecular flexibility index (Phi) is 7.75. The molecule has 0 bridgehead atoms. The first-order chi connectivity index (χ1) is 11.7. The lowest BCUT2D eigenvalue weighted by Crippen LogP contribution is -2.40. The summed E-state index contributed by atoms with van der Waals surface area (Å²) in [6.45, 7) is 1.27. The van der Waals surface area contributed by atoms with Crippen molar-refractivity contribution in [1.29, 1.82) is 0 Å². The minimum absolute atomic E-state index is 0. The van der Waals surface area contributed by atoms with Crippen LogP contribution in [-0.4, -0.2) is 49.8 Å². The zero-order chi connectivity index (χ0) is 18.6. The summed E-state index contributed by atoms with van der Waals surface area (Å²) in [6.07, 6.45) is 1.96. The smallest absolute Gasteiger partial charge is 0.293 e. The lowest BCUT2D eigenvalue weighted by Gasteiger charge is -2.23. The molecule has 2 rings (SSSR count). The number of nitrogens with zero attached hydrogens (tertiary/aromatic N) is 2. The van der Waals surface area contributed by atoms with E-state index in [1.54, 1.807) is 4.90 Å². The van der Waals surface area contributed by atoms with Crippen LogP contribution >= 0.6 is 12.4 Å². The maximum atomic E-state index is 12.2. The van der Waals surface area contributed by atoms with Gasteiger partial charge in [-0.1, -0.05) is 0 Å². The monoisotopic (exact) mass is 407 g/mol. The molecule has 5 N–H and O–H groups in total. The van der Waals surface area contributed by atoms with Crippen molar-refractivity contribution in [3.05, 3.63) is 28.3 Å². The molecule has 0 spiro atoms. The number of hydrogen-bond donors (Lipinski definition) is 3. The SMILES string of the molecule is Cl.NCC1CCCN1C(=O)CCNc1ccc(S(N)(=O)=O)cc1[N+](=O)[O-]. The predicted molar refractivity (Wildman–Crippen MR) is 98.6 cm³/mol. The lowest BCUT2D eigenvalue weighted by atomic mass is 10.2. The topological polar surface area (TPSA) is 162 Å². The Morgan fingerprint density at radius 2 is 2.12 bits per heavy atom. The summed E-state index contributed by atoms with van der Waals surface area (Å²) in [5.41, 5.74) is 5.35. The van der Waals surface area contributed by atoms with Crippen LogP contribution in [0.25, 0.3) is 0 Å². The first-order valence-electron chi connectivity index (χ1n) is 7.78. The molecule has 1 aromatic carbocycles. The molecule has 0 radical (unpaired) electrons. The fraction of sp³-hybridized carbons (Fsp3) is 0.500. The number of halogens is 1. The third-order valence-electron chi connectivity index (χ3n) is 4.12. The van der Waals surface area contributed by atoms with Gasteiger partial charge in [0.15, 0.2) is 0 Å². The van der Waals surface area contributed by atoms with Gasteiger partial charge in [0.2, 0.25) is 15.9 Å². The van der Waals surface area contributed by atoms with Crippen LogP contribution in [0.1, 0.15) is 19.3 Å². The second-order valence-corrected chi connectivity index (χ2v) is 7.34. The molecule has 1 fully saturated rings. The molecule has 0 aromatic heterocycles. The first kappa shape index (κ1) is 22.1. The van der Waals surface area contributed by atoms with Gasteiger partial charge in [0.1, 0.15) is 5.69 Å². The molecule has 1 heterocycles. The fourth-order valence-corrected chi connectivity index (χ4v) is 3.38. The zero-order valence-corrected chi connectivity index (χ0v) is 15.6. The Hall–Kier alpha value is -1.95. The minimum atomic E-state index is -4.03. The number of carbonyl (C=O) groups is 1. The number of hydrogen-bond acceptors (Lipinski definition) is 7. The van der Waals surface area contributed by atoms with Gasteiger partial charge in [-0.25, -0.2) is 13.6 Å². The van der Waals surface area contributed by atoms with Crippen LogP contribution in [0.4, 0.5) is 11.4 Å². The van der Waals surface area contributed by atoms with Gasteiger partial charge in [-0.3, -0.25) is 14.9 Å². The molecule has 146 valence electrons. The number of sulfonamides is 1. The summed E-state index contributed by atoms with van der Waals surface area (Å²) >= 11 is 0. The number of anilines is 1. The molecule has 1 unspecified atom stereocenters. The number of carbonyl (C=O) groups excluding carboxylic acids is 1. The Balaban J connectivity index is 0.00000338. The maximum absolute atomic E-state index is 12.2. The van der Waals surface area contributed by atoms with Crippen molar-refractivity contribution in [3.63, 3.8) is 0 Å². The van der Waals surface area contributed by atoms with Crippen molar-refractivity contribution >= 4 is 39.7 Å². The predicted octanol–water partition coefficient (Wildman–Crippen LogP) is 0.416. The number of nitro groups is 1. The van der Waals surface area contributed by atoms with E-state index >= 15 is 0 Å². The molecule has 10 nitrogen and oxygen atoms in total. The van der Waals surface area contributed by atoms with Crippen molar-refractivity contribution < 1.29 is 18.1 Å². The minimum Gasteiger partial charge on any atom is -0.379 e. The third-order valence-corrected chi connectivity index (χ3v) is 5.03. The average molecular weight is 408 g/mol. The molecular weight excluding hydrogens is 386 g/mol. The average Bonchev–Trinajstić information content (AvgIpc) is 3.02. The Bertz CT molecular complexity index is 773. The zero-order valence-electron chi connectivity index (χ0n) is 14.0. The first-order valence-corrected chi connectivity index (χ1v) is 9.33. The Labute approximate surface area is 157 Å². The second-order valence-electron chi connectivity index (χ2n) is 5.78. The Morgan fingerprint density at radius 1 is 1.42 bits per heavy atom. The van der Waals surface area contributed by atoms with Crippen LogP contribution in [0, 0.1) is 10.1 Å². The molecule has 0 saturated carbocycles. The largest absolute Gasteiger partial charge is 0.379 e. The number of primary sulfonamides is 1. The van der Waals surface area contributed by atoms with Gasteiger partial charge in [-0.05, 0) is 25.0 Å². The van der Waals surface area contributed by atoms with Gasteiger partial charge in [0.05, 0.1) is 9.82 Å². The summed E-state index contributed by atoms with van der Waals surface area (Å²) in [5, 5.41) is 18.9. The van der Waals surface area contributed by atoms with Gasteiger partial charge in [0, 0.05) is 38.2 Å². The second kappa shape index (κ2) is 9.12. The van der Waals surface area contributed by atoms with E-state index < -0.39 is 20.6 Å². The van der Waals surface area contributed by atoms with Crippen LogP contribution in [0.3, 0.4) is 0 Å². The van der Waals surface area contributed by atoms with E-state index in [0.29, 0.717) is 13.1 Å². The van der Waals surface area contributed by atoms with Gasteiger partial charge in [0.25, 0.3) is 5.69 Å². The highest BCUT2D eigenvalue weighted by molar-refractivity contribution is 7.89. The number of benzene rings is 1. The van der Waals surface area contributed by atoms with Crippen LogP contribution in [-0.2, 0) is 14.8 Å². The fourth-order valence-electron chi connectivity index (χ4n) is 2.85. The summed E-state index contributed by atoms with van der Waals surface area (Å²) in [6, 6.07) is 3.39. The van der Waals surface area contributed by atoms with E-state index in [1.807, 2.05) is 0 Å². The molecule has 26 heavy (non-hydrogen) atoms. The molecule has 1 aliphatic rings. The van der Waals surface area contributed by atoms with Crippen molar-refractivity contribution in [2.75, 3.05) is 25.0 Å². The molecular formula is C14H22ClN5O5S.